The fraction of sp³-hybridized carbons (Fsp3) is 0.444. The van der Waals surface area contributed by atoms with Crippen molar-refractivity contribution in [2.75, 3.05) is 54.5 Å². The van der Waals surface area contributed by atoms with E-state index in [-0.39, 0.29) is 24.7 Å². The van der Waals surface area contributed by atoms with E-state index < -0.39 is 24.0 Å². The van der Waals surface area contributed by atoms with Crippen LogP contribution in [0.2, 0.25) is 0 Å². The maximum Gasteiger partial charge on any atom is 0.328 e. The molecule has 0 aliphatic carbocycles. The van der Waals surface area contributed by atoms with Crippen molar-refractivity contribution in [1.29, 1.82) is 0 Å². The van der Waals surface area contributed by atoms with Crippen molar-refractivity contribution in [3.8, 4) is 0 Å². The van der Waals surface area contributed by atoms with Crippen molar-refractivity contribution in [1.82, 2.24) is 29.6 Å². The van der Waals surface area contributed by atoms with Crippen LogP contribution in [-0.4, -0.2) is 120 Å². The number of para-hydroxylation sites is 2. The first-order chi connectivity index (χ1) is 23.2. The van der Waals surface area contributed by atoms with Gasteiger partial charge in [0.25, 0.3) is 0 Å². The summed E-state index contributed by atoms with van der Waals surface area (Å²) in [5.74, 6) is -1.01. The lowest BCUT2D eigenvalue weighted by Gasteiger charge is -2.34. The lowest BCUT2D eigenvalue weighted by Crippen LogP contribution is -2.50. The molecule has 4 aromatic rings. The van der Waals surface area contributed by atoms with Crippen LogP contribution in [0.4, 0.5) is 0 Å². The number of hydrogen-bond donors (Lipinski definition) is 2. The number of aromatic amines is 2. The van der Waals surface area contributed by atoms with Gasteiger partial charge in [-0.25, -0.2) is 9.59 Å². The minimum absolute atomic E-state index is 0.0969. The normalized spacial score (nSPS) is 17.5. The molecule has 48 heavy (non-hydrogen) atoms. The highest BCUT2D eigenvalue weighted by molar-refractivity contribution is 5.91. The number of rotatable bonds is 11. The molecule has 2 N–H and O–H groups in total. The number of nitrogens with one attached hydrogen (secondary N) is 2. The number of benzene rings is 2. The quantitative estimate of drug-likeness (QED) is 0.236. The van der Waals surface area contributed by atoms with Crippen LogP contribution in [0.1, 0.15) is 35.4 Å². The van der Waals surface area contributed by atoms with Crippen molar-refractivity contribution in [2.45, 2.75) is 50.9 Å². The van der Waals surface area contributed by atoms with Crippen LogP contribution < -0.4 is 0 Å². The number of likely N-dealkylation sites (N-methyl/N-ethyl adjacent to an activating group) is 2. The lowest BCUT2D eigenvalue weighted by molar-refractivity contribution is -0.154. The third-order valence-corrected chi connectivity index (χ3v) is 9.87. The smallest absolute Gasteiger partial charge is 0.328 e. The van der Waals surface area contributed by atoms with E-state index >= 15 is 0 Å². The van der Waals surface area contributed by atoms with Crippen LogP contribution in [0.15, 0.2) is 48.5 Å². The first-order valence-electron chi connectivity index (χ1n) is 16.5. The van der Waals surface area contributed by atoms with Crippen LogP contribution in [0.25, 0.3) is 21.8 Å². The van der Waals surface area contributed by atoms with Gasteiger partial charge in [-0.05, 0) is 37.4 Å². The number of amides is 2. The molecule has 0 saturated heterocycles. The molecule has 0 radical (unpaired) electrons. The maximum atomic E-state index is 13.4. The van der Waals surface area contributed by atoms with E-state index in [1.165, 1.54) is 14.2 Å². The van der Waals surface area contributed by atoms with Gasteiger partial charge in [0.05, 0.1) is 27.3 Å². The number of aromatic nitrogens is 2. The van der Waals surface area contributed by atoms with Gasteiger partial charge in [-0.15, -0.1) is 0 Å². The van der Waals surface area contributed by atoms with Crippen molar-refractivity contribution in [2.24, 2.45) is 0 Å². The number of esters is 2. The van der Waals surface area contributed by atoms with Gasteiger partial charge in [-0.3, -0.25) is 9.59 Å². The average molecular weight is 657 g/mol. The molecule has 0 fully saturated rings. The third kappa shape index (κ3) is 6.67. The van der Waals surface area contributed by atoms with Crippen LogP contribution >= 0.6 is 0 Å². The van der Waals surface area contributed by atoms with Gasteiger partial charge in [0.2, 0.25) is 11.8 Å². The van der Waals surface area contributed by atoms with Crippen LogP contribution in [0.5, 0.6) is 0 Å². The van der Waals surface area contributed by atoms with Crippen molar-refractivity contribution < 1.29 is 28.7 Å². The first-order valence-corrected chi connectivity index (χ1v) is 16.5. The van der Waals surface area contributed by atoms with Crippen LogP contribution in [0, 0.1) is 0 Å². The van der Waals surface area contributed by atoms with E-state index in [9.17, 15) is 19.2 Å². The summed E-state index contributed by atoms with van der Waals surface area (Å²) in [6.45, 7) is 3.10. The number of carbonyl (C=O) groups excluding carboxylic acids is 4. The molecule has 2 aliphatic rings. The predicted molar refractivity (Wildman–Crippen MR) is 181 cm³/mol. The Hall–Kier alpha value is -4.68. The molecule has 0 saturated carbocycles. The van der Waals surface area contributed by atoms with Gasteiger partial charge in [0, 0.05) is 85.1 Å². The number of fused-ring (bicyclic) bond motifs is 6. The molecule has 6 rings (SSSR count). The molecule has 2 aromatic heterocycles. The fourth-order valence-corrected chi connectivity index (χ4v) is 7.06. The van der Waals surface area contributed by atoms with Gasteiger partial charge < -0.3 is 39.0 Å². The second-order valence-electron chi connectivity index (χ2n) is 12.9. The summed E-state index contributed by atoms with van der Waals surface area (Å²) in [4.78, 5) is 66.6. The second-order valence-corrected chi connectivity index (χ2v) is 12.9. The fourth-order valence-electron chi connectivity index (χ4n) is 7.06. The molecule has 0 bridgehead atoms. The predicted octanol–water partition coefficient (Wildman–Crippen LogP) is 2.85. The highest BCUT2D eigenvalue weighted by atomic mass is 16.5. The van der Waals surface area contributed by atoms with Crippen LogP contribution in [-0.2, 0) is 54.6 Å². The summed E-state index contributed by atoms with van der Waals surface area (Å²) in [5.41, 5.74) is 6.03. The van der Waals surface area contributed by atoms with E-state index in [4.69, 9.17) is 9.47 Å². The molecule has 2 amide bonds. The Labute approximate surface area is 279 Å². The number of H-pyrrole nitrogens is 2. The SMILES string of the molecule is COC(=O)C1Cc2c([nH]c3ccccc23)CN1C(=O)CCN(C)CCN(C)CCC(=O)N1Cc2[nH]c3ccccc3c2CC1C(=O)OC. The van der Waals surface area contributed by atoms with E-state index in [1.807, 2.05) is 62.6 Å². The van der Waals surface area contributed by atoms with Crippen LogP contribution in [0.3, 0.4) is 0 Å². The highest BCUT2D eigenvalue weighted by Crippen LogP contribution is 2.32. The maximum absolute atomic E-state index is 13.4. The number of ether oxygens (including phenoxy) is 2. The Bertz CT molecular complexity index is 1700. The highest BCUT2D eigenvalue weighted by Gasteiger charge is 2.38. The van der Waals surface area contributed by atoms with E-state index in [1.54, 1.807) is 9.80 Å². The molecule has 2 atom stereocenters. The molecule has 2 aliphatic heterocycles. The van der Waals surface area contributed by atoms with Gasteiger partial charge in [-0.1, -0.05) is 36.4 Å². The summed E-state index contributed by atoms with van der Waals surface area (Å²) in [7, 11) is 6.64. The van der Waals surface area contributed by atoms with Gasteiger partial charge in [0.1, 0.15) is 12.1 Å². The Morgan fingerprint density at radius 2 is 1.06 bits per heavy atom. The zero-order valence-corrected chi connectivity index (χ0v) is 28.1. The molecule has 0 spiro atoms. The summed E-state index contributed by atoms with van der Waals surface area (Å²) in [5, 5.41) is 2.14. The molecule has 12 heteroatoms. The number of carbonyl (C=O) groups is 4. The largest absolute Gasteiger partial charge is 0.467 e. The number of hydrogen-bond acceptors (Lipinski definition) is 8. The summed E-state index contributed by atoms with van der Waals surface area (Å²) >= 11 is 0. The number of nitrogens with zero attached hydrogens (tertiary/aromatic N) is 4. The zero-order chi connectivity index (χ0) is 33.9. The summed E-state index contributed by atoms with van der Waals surface area (Å²) in [6.07, 6.45) is 1.36. The molecule has 2 aromatic carbocycles. The van der Waals surface area contributed by atoms with Crippen molar-refractivity contribution in [3.63, 3.8) is 0 Å². The molecule has 2 unspecified atom stereocenters. The summed E-state index contributed by atoms with van der Waals surface area (Å²) < 4.78 is 10.2. The molecule has 4 heterocycles. The standard InChI is InChI=1S/C36H44N6O6/c1-39(15-13-33(43)41-21-29-25(19-31(41)35(45)47-3)23-9-5-7-11-27(23)37-29)17-18-40(2)16-14-34(44)42-22-30-26(20-32(42)36(46)48-4)24-10-6-8-12-28(24)38-30/h5-12,31-32,37-38H,13-22H2,1-4H3. The zero-order valence-electron chi connectivity index (χ0n) is 28.1. The average Bonchev–Trinajstić information content (AvgIpc) is 3.67. The topological polar surface area (TPSA) is 131 Å². The summed E-state index contributed by atoms with van der Waals surface area (Å²) in [6, 6.07) is 14.6. The van der Waals surface area contributed by atoms with Gasteiger partial charge in [0.15, 0.2) is 0 Å². The lowest BCUT2D eigenvalue weighted by atomic mass is 9.96. The van der Waals surface area contributed by atoms with E-state index in [2.05, 4.69) is 19.8 Å². The second kappa shape index (κ2) is 14.2. The van der Waals surface area contributed by atoms with Gasteiger partial charge >= 0.3 is 11.9 Å². The molecular formula is C36H44N6O6. The van der Waals surface area contributed by atoms with E-state index in [0.717, 1.165) is 44.3 Å². The van der Waals surface area contributed by atoms with Crippen molar-refractivity contribution >= 4 is 45.6 Å². The molecule has 12 nitrogen and oxygen atoms in total. The minimum Gasteiger partial charge on any atom is -0.467 e. The Balaban J connectivity index is 0.992. The monoisotopic (exact) mass is 656 g/mol. The third-order valence-electron chi connectivity index (χ3n) is 9.87. The number of methoxy groups -OCH3 is 2. The minimum atomic E-state index is -0.662. The Morgan fingerprint density at radius 1 is 0.667 bits per heavy atom. The van der Waals surface area contributed by atoms with E-state index in [0.29, 0.717) is 52.1 Å². The van der Waals surface area contributed by atoms with Crippen molar-refractivity contribution in [3.05, 3.63) is 71.0 Å². The first kappa shape index (κ1) is 33.2. The Morgan fingerprint density at radius 3 is 1.46 bits per heavy atom. The molecular weight excluding hydrogens is 612 g/mol. The molecule has 254 valence electrons. The van der Waals surface area contributed by atoms with Gasteiger partial charge in [-0.2, -0.15) is 0 Å². The Kier molecular flexibility index (Phi) is 9.83.